The van der Waals surface area contributed by atoms with Crippen molar-refractivity contribution in [1.29, 1.82) is 0 Å². The molecule has 3 aromatic rings. The van der Waals surface area contributed by atoms with E-state index < -0.39 is 17.7 Å². The summed E-state index contributed by atoms with van der Waals surface area (Å²) in [6.45, 7) is 2.93. The molecule has 1 amide bonds. The van der Waals surface area contributed by atoms with E-state index in [1.807, 2.05) is 0 Å². The number of ketones is 1. The van der Waals surface area contributed by atoms with Gasteiger partial charge in [0.2, 0.25) is 5.82 Å². The van der Waals surface area contributed by atoms with Gasteiger partial charge in [-0.05, 0) is 24.1 Å². The van der Waals surface area contributed by atoms with Crippen LogP contribution < -0.4 is 5.32 Å². The lowest BCUT2D eigenvalue weighted by molar-refractivity contribution is 0.0686. The van der Waals surface area contributed by atoms with Gasteiger partial charge in [-0.2, -0.15) is 9.50 Å². The number of nitrogens with zero attached hydrogens (tertiary/aromatic N) is 4. The molecule has 0 aliphatic heterocycles. The molecule has 27 heavy (non-hydrogen) atoms. The molecular weight excluding hydrogens is 357 g/mol. The molecule has 10 heteroatoms. The van der Waals surface area contributed by atoms with Crippen LogP contribution in [0.1, 0.15) is 49.6 Å². The van der Waals surface area contributed by atoms with Crippen LogP contribution >= 0.6 is 0 Å². The van der Waals surface area contributed by atoms with E-state index in [2.05, 4.69) is 20.4 Å². The van der Waals surface area contributed by atoms with E-state index in [1.54, 1.807) is 13.0 Å². The van der Waals surface area contributed by atoms with Crippen molar-refractivity contribution in [2.24, 2.45) is 0 Å². The minimum atomic E-state index is -1.36. The van der Waals surface area contributed by atoms with Gasteiger partial charge in [0, 0.05) is 19.5 Å². The molecule has 0 bridgehead atoms. The maximum absolute atomic E-state index is 13.3. The first-order valence-corrected chi connectivity index (χ1v) is 7.81. The van der Waals surface area contributed by atoms with Crippen LogP contribution in [0.2, 0.25) is 0 Å². The molecule has 9 nitrogen and oxygen atoms in total. The fraction of sp³-hybridized carbons (Fsp3) is 0.176. The molecule has 0 saturated carbocycles. The zero-order chi connectivity index (χ0) is 19.7. The van der Waals surface area contributed by atoms with Gasteiger partial charge in [-0.25, -0.2) is 14.2 Å². The van der Waals surface area contributed by atoms with E-state index in [9.17, 15) is 23.9 Å². The first kappa shape index (κ1) is 18.1. The Morgan fingerprint density at radius 3 is 2.59 bits per heavy atom. The Bertz CT molecular complexity index is 1090. The normalized spacial score (nSPS) is 10.8. The second kappa shape index (κ2) is 6.90. The number of Topliss-reactive ketones (excluding diaryl/α,β-unsaturated/α-hetero) is 1. The number of halogens is 1. The van der Waals surface area contributed by atoms with Crippen molar-refractivity contribution < 1.29 is 23.9 Å². The average molecular weight is 371 g/mol. The van der Waals surface area contributed by atoms with Crippen molar-refractivity contribution in [3.8, 4) is 0 Å². The number of fused-ring (bicyclic) bond motifs is 1. The molecule has 0 fully saturated rings. The Balaban J connectivity index is 1.90. The number of aromatic nitrogens is 4. The SMILES string of the molecule is CC(=O)c1nc2nc(C(=O)NCc3ccc(F)c(C)c3)cc(C(=O)O)n2n1. The van der Waals surface area contributed by atoms with E-state index in [-0.39, 0.29) is 35.4 Å². The first-order chi connectivity index (χ1) is 12.8. The lowest BCUT2D eigenvalue weighted by Crippen LogP contribution is -2.25. The lowest BCUT2D eigenvalue weighted by Gasteiger charge is -2.07. The van der Waals surface area contributed by atoms with E-state index in [1.165, 1.54) is 19.1 Å². The van der Waals surface area contributed by atoms with Crippen molar-refractivity contribution >= 4 is 23.4 Å². The van der Waals surface area contributed by atoms with Crippen LogP contribution in [0.15, 0.2) is 24.3 Å². The molecule has 0 atom stereocenters. The number of rotatable bonds is 5. The number of carbonyl (C=O) groups is 3. The van der Waals surface area contributed by atoms with Crippen molar-refractivity contribution in [2.75, 3.05) is 0 Å². The van der Waals surface area contributed by atoms with Crippen molar-refractivity contribution in [3.05, 3.63) is 58.4 Å². The third-order valence-electron chi connectivity index (χ3n) is 3.75. The number of amides is 1. The molecule has 2 N–H and O–H groups in total. The maximum Gasteiger partial charge on any atom is 0.354 e. The first-order valence-electron chi connectivity index (χ1n) is 7.81. The summed E-state index contributed by atoms with van der Waals surface area (Å²) in [5.41, 5.74) is 0.557. The molecule has 0 aliphatic rings. The fourth-order valence-corrected chi connectivity index (χ4v) is 2.38. The summed E-state index contributed by atoms with van der Waals surface area (Å²) in [5, 5.41) is 15.7. The molecular formula is C17H14FN5O4. The van der Waals surface area contributed by atoms with Crippen LogP contribution in [-0.4, -0.2) is 42.3 Å². The predicted molar refractivity (Wildman–Crippen MR) is 90.1 cm³/mol. The highest BCUT2D eigenvalue weighted by atomic mass is 19.1. The van der Waals surface area contributed by atoms with Crippen molar-refractivity contribution in [3.63, 3.8) is 0 Å². The molecule has 138 valence electrons. The Hall–Kier alpha value is -3.69. The lowest BCUT2D eigenvalue weighted by atomic mass is 10.1. The smallest absolute Gasteiger partial charge is 0.354 e. The topological polar surface area (TPSA) is 127 Å². The quantitative estimate of drug-likeness (QED) is 0.649. The summed E-state index contributed by atoms with van der Waals surface area (Å²) in [4.78, 5) is 43.0. The molecule has 0 saturated heterocycles. The largest absolute Gasteiger partial charge is 0.477 e. The van der Waals surface area contributed by atoms with Gasteiger partial charge in [0.05, 0.1) is 0 Å². The number of carboxylic acids is 1. The van der Waals surface area contributed by atoms with Gasteiger partial charge in [0.15, 0.2) is 11.5 Å². The molecule has 2 heterocycles. The Labute approximate surface area is 151 Å². The molecule has 1 aromatic carbocycles. The number of carboxylic acid groups (broad SMARTS) is 1. The molecule has 0 unspecified atom stereocenters. The van der Waals surface area contributed by atoms with Gasteiger partial charge in [-0.15, -0.1) is 5.10 Å². The molecule has 2 aromatic heterocycles. The van der Waals surface area contributed by atoms with Crippen LogP contribution in [-0.2, 0) is 6.54 Å². The minimum Gasteiger partial charge on any atom is -0.477 e. The van der Waals surface area contributed by atoms with Crippen LogP contribution in [0.25, 0.3) is 5.78 Å². The summed E-state index contributed by atoms with van der Waals surface area (Å²) < 4.78 is 14.2. The third kappa shape index (κ3) is 3.64. The van der Waals surface area contributed by atoms with Crippen molar-refractivity contribution in [1.82, 2.24) is 24.9 Å². The van der Waals surface area contributed by atoms with Gasteiger partial charge >= 0.3 is 5.97 Å². The van der Waals surface area contributed by atoms with Crippen LogP contribution in [0.3, 0.4) is 0 Å². The molecule has 3 rings (SSSR count). The van der Waals surface area contributed by atoms with E-state index in [0.29, 0.717) is 11.1 Å². The van der Waals surface area contributed by atoms with Gasteiger partial charge < -0.3 is 10.4 Å². The highest BCUT2D eigenvalue weighted by Gasteiger charge is 2.20. The minimum absolute atomic E-state index is 0.0978. The maximum atomic E-state index is 13.3. The Morgan fingerprint density at radius 1 is 1.22 bits per heavy atom. The summed E-state index contributed by atoms with van der Waals surface area (Å²) in [6, 6.07) is 5.45. The Morgan fingerprint density at radius 2 is 1.96 bits per heavy atom. The number of aromatic carboxylic acids is 1. The highest BCUT2D eigenvalue weighted by Crippen LogP contribution is 2.11. The van der Waals surface area contributed by atoms with Gasteiger partial charge in [-0.1, -0.05) is 12.1 Å². The van der Waals surface area contributed by atoms with Crippen LogP contribution in [0, 0.1) is 12.7 Å². The second-order valence-corrected chi connectivity index (χ2v) is 5.80. The van der Waals surface area contributed by atoms with Crippen molar-refractivity contribution in [2.45, 2.75) is 20.4 Å². The molecule has 0 aliphatic carbocycles. The fourth-order valence-electron chi connectivity index (χ4n) is 2.38. The zero-order valence-corrected chi connectivity index (χ0v) is 14.4. The van der Waals surface area contributed by atoms with E-state index >= 15 is 0 Å². The van der Waals surface area contributed by atoms with Gasteiger partial charge in [-0.3, -0.25) is 9.59 Å². The number of nitrogens with one attached hydrogen (secondary N) is 1. The molecule has 0 radical (unpaired) electrons. The van der Waals surface area contributed by atoms with Crippen LogP contribution in [0.5, 0.6) is 0 Å². The summed E-state index contributed by atoms with van der Waals surface area (Å²) >= 11 is 0. The third-order valence-corrected chi connectivity index (χ3v) is 3.75. The van der Waals surface area contributed by atoms with Gasteiger partial charge in [0.25, 0.3) is 11.7 Å². The summed E-state index contributed by atoms with van der Waals surface area (Å²) in [5.74, 6) is -3.20. The van der Waals surface area contributed by atoms with E-state index in [0.717, 1.165) is 10.6 Å². The summed E-state index contributed by atoms with van der Waals surface area (Å²) in [7, 11) is 0. The number of carbonyl (C=O) groups excluding carboxylic acids is 2. The monoisotopic (exact) mass is 371 g/mol. The summed E-state index contributed by atoms with van der Waals surface area (Å²) in [6.07, 6.45) is 0. The van der Waals surface area contributed by atoms with Gasteiger partial charge in [0.1, 0.15) is 11.5 Å². The number of benzene rings is 1. The van der Waals surface area contributed by atoms with E-state index in [4.69, 9.17) is 0 Å². The highest BCUT2D eigenvalue weighted by molar-refractivity contribution is 5.96. The van der Waals surface area contributed by atoms with Crippen LogP contribution in [0.4, 0.5) is 4.39 Å². The standard InChI is InChI=1S/C17H14FN5O4/c1-8-5-10(3-4-11(8)18)7-19-15(25)12-6-13(16(26)27)23-17(20-12)21-14(22-23)9(2)24/h3-6H,7H2,1-2H3,(H,19,25)(H,26,27). The second-order valence-electron chi connectivity index (χ2n) is 5.80. The Kier molecular flexibility index (Phi) is 4.63. The number of hydrogen-bond donors (Lipinski definition) is 2. The zero-order valence-electron chi connectivity index (χ0n) is 14.4. The number of aryl methyl sites for hydroxylation is 1. The average Bonchev–Trinajstić information content (AvgIpc) is 3.05. The molecule has 0 spiro atoms. The predicted octanol–water partition coefficient (Wildman–Crippen LogP) is 1.40. The number of hydrogen-bond acceptors (Lipinski definition) is 6.